The predicted octanol–water partition coefficient (Wildman–Crippen LogP) is 2.95. The van der Waals surface area contributed by atoms with E-state index >= 15 is 0 Å². The molecule has 7 heteroatoms. The number of hydrogen-bond donors (Lipinski definition) is 3. The lowest BCUT2D eigenvalue weighted by atomic mass is 9.94. The van der Waals surface area contributed by atoms with Crippen molar-refractivity contribution in [2.45, 2.75) is 20.3 Å². The number of carboxylic acid groups (broad SMARTS) is 1. The average Bonchev–Trinajstić information content (AvgIpc) is 2.39. The highest BCUT2D eigenvalue weighted by Gasteiger charge is 2.27. The van der Waals surface area contributed by atoms with Crippen LogP contribution in [-0.2, 0) is 11.2 Å². The number of benzene rings is 1. The van der Waals surface area contributed by atoms with E-state index in [9.17, 15) is 9.59 Å². The summed E-state index contributed by atoms with van der Waals surface area (Å²) >= 11 is 11.8. The zero-order valence-corrected chi connectivity index (χ0v) is 13.4. The Morgan fingerprint density at radius 3 is 2.48 bits per heavy atom. The molecule has 1 aromatic carbocycles. The molecule has 0 fully saturated rings. The Balaban J connectivity index is 2.35. The Kier molecular flexibility index (Phi) is 6.30. The van der Waals surface area contributed by atoms with Gasteiger partial charge in [-0.1, -0.05) is 29.3 Å². The monoisotopic (exact) mass is 332 g/mol. The second-order valence-corrected chi connectivity index (χ2v) is 6.13. The van der Waals surface area contributed by atoms with E-state index in [4.69, 9.17) is 28.3 Å². The summed E-state index contributed by atoms with van der Waals surface area (Å²) in [6, 6.07) is 4.78. The summed E-state index contributed by atoms with van der Waals surface area (Å²) < 4.78 is 0. The summed E-state index contributed by atoms with van der Waals surface area (Å²) in [5, 5.41) is 15.2. The summed E-state index contributed by atoms with van der Waals surface area (Å²) in [7, 11) is 0. The maximum absolute atomic E-state index is 11.6. The molecule has 0 bridgehead atoms. The van der Waals surface area contributed by atoms with Crippen molar-refractivity contribution < 1.29 is 14.7 Å². The van der Waals surface area contributed by atoms with Crippen molar-refractivity contribution in [3.05, 3.63) is 33.8 Å². The molecule has 2 amide bonds. The third-order valence-corrected chi connectivity index (χ3v) is 3.55. The number of rotatable bonds is 6. The third kappa shape index (κ3) is 5.81. The van der Waals surface area contributed by atoms with Crippen LogP contribution in [0.15, 0.2) is 18.2 Å². The van der Waals surface area contributed by atoms with Gasteiger partial charge in [0, 0.05) is 23.1 Å². The summed E-state index contributed by atoms with van der Waals surface area (Å²) in [6.07, 6.45) is 0.561. The number of aliphatic carboxylic acids is 1. The predicted molar refractivity (Wildman–Crippen MR) is 83.0 cm³/mol. The highest BCUT2D eigenvalue weighted by Crippen LogP contribution is 2.21. The SMILES string of the molecule is CC(C)(CNC(=O)NCCc1ccc(Cl)cc1Cl)C(=O)O. The fraction of sp³-hybridized carbons (Fsp3) is 0.429. The molecular formula is C14H18Cl2N2O3. The van der Waals surface area contributed by atoms with Gasteiger partial charge in [-0.2, -0.15) is 0 Å². The summed E-state index contributed by atoms with van der Waals surface area (Å²) in [6.45, 7) is 3.53. The van der Waals surface area contributed by atoms with Crippen molar-refractivity contribution in [3.63, 3.8) is 0 Å². The Labute approximate surface area is 133 Å². The second kappa shape index (κ2) is 7.52. The molecule has 0 spiro atoms. The summed E-state index contributed by atoms with van der Waals surface area (Å²) in [5.41, 5.74) is -0.121. The molecule has 0 saturated carbocycles. The van der Waals surface area contributed by atoms with Gasteiger partial charge >= 0.3 is 12.0 Å². The van der Waals surface area contributed by atoms with Gasteiger partial charge in [-0.05, 0) is 38.0 Å². The molecule has 0 unspecified atom stereocenters. The van der Waals surface area contributed by atoms with Crippen LogP contribution in [-0.4, -0.2) is 30.2 Å². The molecule has 0 aromatic heterocycles. The third-order valence-electron chi connectivity index (χ3n) is 2.96. The number of carboxylic acids is 1. The molecule has 1 aromatic rings. The lowest BCUT2D eigenvalue weighted by Gasteiger charge is -2.19. The molecule has 0 atom stereocenters. The van der Waals surface area contributed by atoms with Crippen LogP contribution in [0.4, 0.5) is 4.79 Å². The van der Waals surface area contributed by atoms with Gasteiger partial charge in [-0.15, -0.1) is 0 Å². The first kappa shape index (κ1) is 17.6. The topological polar surface area (TPSA) is 78.4 Å². The van der Waals surface area contributed by atoms with E-state index in [1.165, 1.54) is 0 Å². The Bertz CT molecular complexity index is 533. The molecular weight excluding hydrogens is 315 g/mol. The van der Waals surface area contributed by atoms with Crippen LogP contribution in [0.5, 0.6) is 0 Å². The summed E-state index contributed by atoms with van der Waals surface area (Å²) in [4.78, 5) is 22.5. The first-order valence-corrected chi connectivity index (χ1v) is 7.17. The molecule has 0 saturated heterocycles. The molecule has 0 radical (unpaired) electrons. The number of amides is 2. The minimum absolute atomic E-state index is 0.0515. The molecule has 116 valence electrons. The zero-order valence-electron chi connectivity index (χ0n) is 11.9. The van der Waals surface area contributed by atoms with Crippen molar-refractivity contribution in [1.29, 1.82) is 0 Å². The molecule has 3 N–H and O–H groups in total. The van der Waals surface area contributed by atoms with E-state index in [2.05, 4.69) is 10.6 Å². The first-order valence-electron chi connectivity index (χ1n) is 6.41. The fourth-order valence-corrected chi connectivity index (χ4v) is 1.98. The molecule has 1 rings (SSSR count). The second-order valence-electron chi connectivity index (χ2n) is 5.28. The Hall–Kier alpha value is -1.46. The van der Waals surface area contributed by atoms with Gasteiger partial charge in [0.05, 0.1) is 5.41 Å². The maximum Gasteiger partial charge on any atom is 0.314 e. The van der Waals surface area contributed by atoms with Crippen LogP contribution in [0.3, 0.4) is 0 Å². The Morgan fingerprint density at radius 2 is 1.90 bits per heavy atom. The van der Waals surface area contributed by atoms with E-state index in [0.29, 0.717) is 23.0 Å². The van der Waals surface area contributed by atoms with E-state index < -0.39 is 17.4 Å². The van der Waals surface area contributed by atoms with Gasteiger partial charge < -0.3 is 15.7 Å². The van der Waals surface area contributed by atoms with Crippen LogP contribution in [0.2, 0.25) is 10.0 Å². The minimum Gasteiger partial charge on any atom is -0.481 e. The number of carbonyl (C=O) groups excluding carboxylic acids is 1. The van der Waals surface area contributed by atoms with E-state index in [0.717, 1.165) is 5.56 Å². The van der Waals surface area contributed by atoms with Crippen LogP contribution in [0, 0.1) is 5.41 Å². The molecule has 21 heavy (non-hydrogen) atoms. The van der Waals surface area contributed by atoms with Crippen LogP contribution in [0.25, 0.3) is 0 Å². The first-order chi connectivity index (χ1) is 9.72. The molecule has 0 aliphatic rings. The van der Waals surface area contributed by atoms with Gasteiger partial charge in [-0.25, -0.2) is 4.79 Å². The van der Waals surface area contributed by atoms with Crippen molar-refractivity contribution in [2.24, 2.45) is 5.41 Å². The van der Waals surface area contributed by atoms with Crippen LogP contribution >= 0.6 is 23.2 Å². The average molecular weight is 333 g/mol. The van der Waals surface area contributed by atoms with E-state index in [1.807, 2.05) is 0 Å². The minimum atomic E-state index is -1.00. The van der Waals surface area contributed by atoms with Crippen molar-refractivity contribution in [2.75, 3.05) is 13.1 Å². The van der Waals surface area contributed by atoms with E-state index in [-0.39, 0.29) is 6.54 Å². The number of nitrogens with one attached hydrogen (secondary N) is 2. The number of urea groups is 1. The Morgan fingerprint density at radius 1 is 1.24 bits per heavy atom. The van der Waals surface area contributed by atoms with Gasteiger partial charge in [-0.3, -0.25) is 4.79 Å². The number of carbonyl (C=O) groups is 2. The lowest BCUT2D eigenvalue weighted by molar-refractivity contribution is -0.146. The molecule has 0 aliphatic heterocycles. The van der Waals surface area contributed by atoms with Gasteiger partial charge in [0.15, 0.2) is 0 Å². The van der Waals surface area contributed by atoms with Crippen molar-refractivity contribution in [1.82, 2.24) is 10.6 Å². The van der Waals surface area contributed by atoms with Gasteiger partial charge in [0.25, 0.3) is 0 Å². The molecule has 5 nitrogen and oxygen atoms in total. The van der Waals surface area contributed by atoms with Crippen molar-refractivity contribution >= 4 is 35.2 Å². The quantitative estimate of drug-likeness (QED) is 0.749. The summed E-state index contributed by atoms with van der Waals surface area (Å²) in [5.74, 6) is -0.962. The molecule has 0 heterocycles. The lowest BCUT2D eigenvalue weighted by Crippen LogP contribution is -2.43. The number of halogens is 2. The largest absolute Gasteiger partial charge is 0.481 e. The fourth-order valence-electron chi connectivity index (χ4n) is 1.47. The van der Waals surface area contributed by atoms with Gasteiger partial charge in [0.2, 0.25) is 0 Å². The normalized spacial score (nSPS) is 11.0. The van der Waals surface area contributed by atoms with Crippen LogP contribution in [0.1, 0.15) is 19.4 Å². The van der Waals surface area contributed by atoms with Gasteiger partial charge in [0.1, 0.15) is 0 Å². The van der Waals surface area contributed by atoms with Crippen molar-refractivity contribution in [3.8, 4) is 0 Å². The smallest absolute Gasteiger partial charge is 0.314 e. The number of hydrogen-bond acceptors (Lipinski definition) is 2. The standard InChI is InChI=1S/C14H18Cl2N2O3/c1-14(2,12(19)20)8-18-13(21)17-6-5-9-3-4-10(15)7-11(9)16/h3-4,7H,5-6,8H2,1-2H3,(H,19,20)(H2,17,18,21). The van der Waals surface area contributed by atoms with Crippen LogP contribution < -0.4 is 10.6 Å². The molecule has 0 aliphatic carbocycles. The highest BCUT2D eigenvalue weighted by molar-refractivity contribution is 6.35. The van der Waals surface area contributed by atoms with E-state index in [1.54, 1.807) is 32.0 Å². The highest BCUT2D eigenvalue weighted by atomic mass is 35.5. The maximum atomic E-state index is 11.6. The zero-order chi connectivity index (χ0) is 16.0.